The summed E-state index contributed by atoms with van der Waals surface area (Å²) in [6.45, 7) is 3.36. The first-order valence-electron chi connectivity index (χ1n) is 6.36. The first-order valence-corrected chi connectivity index (χ1v) is 6.36. The van der Waals surface area contributed by atoms with Crippen LogP contribution in [-0.4, -0.2) is 13.3 Å². The molecule has 1 aliphatic heterocycles. The lowest BCUT2D eigenvalue weighted by atomic mass is 9.73. The van der Waals surface area contributed by atoms with Crippen molar-refractivity contribution in [2.75, 3.05) is 13.3 Å². The standard InChI is InChI=1S/C14H19NO2/c1-10-3-2-6-14(10,8-15)11-4-5-12-13(7-11)17-9-16-12/h4-5,7,10H,2-3,6,8-9,15H2,1H3. The maximum absolute atomic E-state index is 6.06. The second kappa shape index (κ2) is 3.91. The third kappa shape index (κ3) is 1.53. The van der Waals surface area contributed by atoms with Crippen LogP contribution in [0.5, 0.6) is 11.5 Å². The molecule has 0 saturated heterocycles. The molecule has 0 radical (unpaired) electrons. The van der Waals surface area contributed by atoms with E-state index in [1.54, 1.807) is 0 Å². The molecule has 92 valence electrons. The van der Waals surface area contributed by atoms with E-state index in [0.29, 0.717) is 19.3 Å². The molecule has 0 bridgehead atoms. The van der Waals surface area contributed by atoms with Crippen molar-refractivity contribution in [2.45, 2.75) is 31.6 Å². The number of rotatable bonds is 2. The summed E-state index contributed by atoms with van der Waals surface area (Å²) in [5.74, 6) is 2.37. The predicted molar refractivity (Wildman–Crippen MR) is 66.3 cm³/mol. The Kier molecular flexibility index (Phi) is 2.51. The summed E-state index contributed by atoms with van der Waals surface area (Å²) in [7, 11) is 0. The number of ether oxygens (including phenoxy) is 2. The SMILES string of the molecule is CC1CCCC1(CN)c1ccc2c(c1)OCO2. The van der Waals surface area contributed by atoms with E-state index in [2.05, 4.69) is 19.1 Å². The molecule has 2 atom stereocenters. The summed E-state index contributed by atoms with van der Waals surface area (Å²) in [4.78, 5) is 0. The van der Waals surface area contributed by atoms with Gasteiger partial charge in [-0.05, 0) is 36.5 Å². The second-order valence-electron chi connectivity index (χ2n) is 5.22. The third-order valence-corrected chi connectivity index (χ3v) is 4.52. The molecular weight excluding hydrogens is 214 g/mol. The minimum absolute atomic E-state index is 0.140. The lowest BCUT2D eigenvalue weighted by Gasteiger charge is -2.33. The molecule has 17 heavy (non-hydrogen) atoms. The molecule has 1 aliphatic carbocycles. The first kappa shape index (κ1) is 10.9. The molecule has 2 aliphatic rings. The smallest absolute Gasteiger partial charge is 0.231 e. The van der Waals surface area contributed by atoms with Crippen molar-refractivity contribution < 1.29 is 9.47 Å². The summed E-state index contributed by atoms with van der Waals surface area (Å²) < 4.78 is 10.8. The minimum Gasteiger partial charge on any atom is -0.454 e. The van der Waals surface area contributed by atoms with Crippen molar-refractivity contribution in [3.63, 3.8) is 0 Å². The molecule has 1 saturated carbocycles. The topological polar surface area (TPSA) is 44.5 Å². The molecular formula is C14H19NO2. The van der Waals surface area contributed by atoms with Crippen LogP contribution in [0, 0.1) is 5.92 Å². The van der Waals surface area contributed by atoms with E-state index >= 15 is 0 Å². The van der Waals surface area contributed by atoms with Crippen LogP contribution in [0.2, 0.25) is 0 Å². The largest absolute Gasteiger partial charge is 0.454 e. The average Bonchev–Trinajstić information content (AvgIpc) is 2.94. The van der Waals surface area contributed by atoms with Crippen LogP contribution >= 0.6 is 0 Å². The van der Waals surface area contributed by atoms with Gasteiger partial charge in [0.15, 0.2) is 11.5 Å². The Bertz CT molecular complexity index is 432. The quantitative estimate of drug-likeness (QED) is 0.853. The summed E-state index contributed by atoms with van der Waals surface area (Å²) >= 11 is 0. The normalized spacial score (nSPS) is 30.8. The molecule has 1 aromatic rings. The molecule has 3 rings (SSSR count). The Labute approximate surface area is 102 Å². The molecule has 1 fully saturated rings. The van der Waals surface area contributed by atoms with Gasteiger partial charge in [-0.1, -0.05) is 19.4 Å². The fourth-order valence-electron chi connectivity index (χ4n) is 3.30. The van der Waals surface area contributed by atoms with Crippen LogP contribution in [0.25, 0.3) is 0 Å². The van der Waals surface area contributed by atoms with Gasteiger partial charge < -0.3 is 15.2 Å². The van der Waals surface area contributed by atoms with Crippen LogP contribution in [-0.2, 0) is 5.41 Å². The molecule has 0 spiro atoms. The molecule has 2 N–H and O–H groups in total. The van der Waals surface area contributed by atoms with E-state index in [4.69, 9.17) is 15.2 Å². The Morgan fingerprint density at radius 3 is 2.88 bits per heavy atom. The van der Waals surface area contributed by atoms with Gasteiger partial charge in [-0.15, -0.1) is 0 Å². The van der Waals surface area contributed by atoms with Gasteiger partial charge in [0.05, 0.1) is 0 Å². The summed E-state index contributed by atoms with van der Waals surface area (Å²) in [5.41, 5.74) is 7.52. The molecule has 0 amide bonds. The zero-order valence-corrected chi connectivity index (χ0v) is 10.2. The second-order valence-corrected chi connectivity index (χ2v) is 5.22. The van der Waals surface area contributed by atoms with Crippen molar-refractivity contribution >= 4 is 0 Å². The van der Waals surface area contributed by atoms with Crippen LogP contribution < -0.4 is 15.2 Å². The lowest BCUT2D eigenvalue weighted by Crippen LogP contribution is -2.37. The Morgan fingerprint density at radius 1 is 1.35 bits per heavy atom. The number of nitrogens with two attached hydrogens (primary N) is 1. The lowest BCUT2D eigenvalue weighted by molar-refractivity contribution is 0.174. The molecule has 0 aromatic heterocycles. The van der Waals surface area contributed by atoms with Gasteiger partial charge >= 0.3 is 0 Å². The van der Waals surface area contributed by atoms with E-state index in [-0.39, 0.29) is 5.41 Å². The van der Waals surface area contributed by atoms with E-state index in [1.807, 2.05) is 6.07 Å². The van der Waals surface area contributed by atoms with Gasteiger partial charge in [-0.2, -0.15) is 0 Å². The average molecular weight is 233 g/mol. The van der Waals surface area contributed by atoms with Crippen molar-refractivity contribution in [1.82, 2.24) is 0 Å². The fourth-order valence-corrected chi connectivity index (χ4v) is 3.30. The maximum Gasteiger partial charge on any atom is 0.231 e. The first-order chi connectivity index (χ1) is 8.26. The van der Waals surface area contributed by atoms with Crippen LogP contribution in [0.4, 0.5) is 0 Å². The number of hydrogen-bond donors (Lipinski definition) is 1. The Morgan fingerprint density at radius 2 is 2.18 bits per heavy atom. The zero-order valence-electron chi connectivity index (χ0n) is 10.2. The molecule has 1 heterocycles. The highest BCUT2D eigenvalue weighted by Crippen LogP contribution is 2.47. The van der Waals surface area contributed by atoms with Gasteiger partial charge in [0.1, 0.15) is 0 Å². The van der Waals surface area contributed by atoms with E-state index in [9.17, 15) is 0 Å². The maximum atomic E-state index is 6.06. The van der Waals surface area contributed by atoms with Crippen molar-refractivity contribution in [3.8, 4) is 11.5 Å². The molecule has 2 unspecified atom stereocenters. The molecule has 3 heteroatoms. The van der Waals surface area contributed by atoms with Crippen molar-refractivity contribution in [1.29, 1.82) is 0 Å². The minimum atomic E-state index is 0.140. The van der Waals surface area contributed by atoms with Gasteiger partial charge in [0.2, 0.25) is 6.79 Å². The van der Waals surface area contributed by atoms with Gasteiger partial charge in [0.25, 0.3) is 0 Å². The highest BCUT2D eigenvalue weighted by molar-refractivity contribution is 5.47. The number of fused-ring (bicyclic) bond motifs is 1. The van der Waals surface area contributed by atoms with Crippen LogP contribution in [0.3, 0.4) is 0 Å². The fraction of sp³-hybridized carbons (Fsp3) is 0.571. The van der Waals surface area contributed by atoms with Crippen LogP contribution in [0.1, 0.15) is 31.7 Å². The number of hydrogen-bond acceptors (Lipinski definition) is 3. The Hall–Kier alpha value is -1.22. The summed E-state index contributed by atoms with van der Waals surface area (Å²) in [6, 6.07) is 6.29. The van der Waals surface area contributed by atoms with Gasteiger partial charge in [0, 0.05) is 12.0 Å². The van der Waals surface area contributed by atoms with E-state index < -0.39 is 0 Å². The highest BCUT2D eigenvalue weighted by atomic mass is 16.7. The van der Waals surface area contributed by atoms with Gasteiger partial charge in [-0.3, -0.25) is 0 Å². The van der Waals surface area contributed by atoms with Crippen molar-refractivity contribution in [3.05, 3.63) is 23.8 Å². The predicted octanol–water partition coefficient (Wildman–Crippen LogP) is 2.43. The monoisotopic (exact) mass is 233 g/mol. The van der Waals surface area contributed by atoms with E-state index in [1.165, 1.54) is 24.8 Å². The van der Waals surface area contributed by atoms with Crippen LogP contribution in [0.15, 0.2) is 18.2 Å². The zero-order chi connectivity index (χ0) is 11.9. The summed E-state index contributed by atoms with van der Waals surface area (Å²) in [5, 5.41) is 0. The Balaban J connectivity index is 2.02. The van der Waals surface area contributed by atoms with E-state index in [0.717, 1.165) is 11.5 Å². The van der Waals surface area contributed by atoms with Crippen molar-refractivity contribution in [2.24, 2.45) is 11.7 Å². The number of benzene rings is 1. The highest BCUT2D eigenvalue weighted by Gasteiger charge is 2.41. The molecule has 3 nitrogen and oxygen atoms in total. The summed E-state index contributed by atoms with van der Waals surface area (Å²) in [6.07, 6.45) is 3.72. The third-order valence-electron chi connectivity index (χ3n) is 4.52. The molecule has 1 aromatic carbocycles. The van der Waals surface area contributed by atoms with Gasteiger partial charge in [-0.25, -0.2) is 0 Å².